The van der Waals surface area contributed by atoms with Gasteiger partial charge in [0.1, 0.15) is 24.0 Å². The van der Waals surface area contributed by atoms with Crippen molar-refractivity contribution in [2.75, 3.05) is 34.4 Å². The maximum absolute atomic E-state index is 14.4. The second-order valence-corrected chi connectivity index (χ2v) is 19.8. The van der Waals surface area contributed by atoms with Crippen LogP contribution < -0.4 is 5.32 Å². The SMILES string of the molecule is CCC1/C=C(\C)CC(C)CC(OC)C2OC(O)(C(=O)C(=O)N3CCCCC3C(=O)OC(/C(C)=C/C3CCC(SC(=O)CNC(C)=O)C(OC)C3)C(C)C(O)CC1=O)C(C)CC2OC. The summed E-state index contributed by atoms with van der Waals surface area (Å²) in [4.78, 5) is 82.1. The van der Waals surface area contributed by atoms with Crippen LogP contribution in [0.4, 0.5) is 0 Å². The second-order valence-electron chi connectivity index (χ2n) is 18.5. The number of Topliss-reactive ketones (excluding diaryl/α,β-unsaturated/α-hetero) is 2. The van der Waals surface area contributed by atoms with Gasteiger partial charge in [-0.15, -0.1) is 0 Å². The van der Waals surface area contributed by atoms with Gasteiger partial charge in [0, 0.05) is 64.2 Å². The van der Waals surface area contributed by atoms with E-state index >= 15 is 0 Å². The van der Waals surface area contributed by atoms with Crippen molar-refractivity contribution in [3.8, 4) is 0 Å². The molecular formula is C47H74N2O13S. The minimum atomic E-state index is -2.53. The Labute approximate surface area is 378 Å². The van der Waals surface area contributed by atoms with Gasteiger partial charge in [-0.3, -0.25) is 24.0 Å². The number of allylic oxidation sites excluding steroid dienone is 3. The monoisotopic (exact) mass is 906 g/mol. The third-order valence-electron chi connectivity index (χ3n) is 13.6. The van der Waals surface area contributed by atoms with Gasteiger partial charge in [-0.25, -0.2) is 4.79 Å². The summed E-state index contributed by atoms with van der Waals surface area (Å²) in [5, 5.41) is 26.1. The molecule has 0 aromatic carbocycles. The Bertz CT molecular complexity index is 1690. The summed E-state index contributed by atoms with van der Waals surface area (Å²) in [6.07, 6.45) is 4.17. The van der Waals surface area contributed by atoms with E-state index in [1.165, 1.54) is 26.0 Å². The molecular weight excluding hydrogens is 833 g/mol. The zero-order valence-electron chi connectivity index (χ0n) is 39.1. The lowest BCUT2D eigenvalue weighted by Crippen LogP contribution is -2.64. The molecule has 1 aliphatic carbocycles. The van der Waals surface area contributed by atoms with Gasteiger partial charge in [0.25, 0.3) is 11.7 Å². The number of piperidine rings is 1. The highest BCUT2D eigenvalue weighted by atomic mass is 32.2. The molecule has 1 saturated carbocycles. The maximum Gasteiger partial charge on any atom is 0.329 e. The number of ketones is 2. The normalized spacial score (nSPS) is 38.1. The fraction of sp³-hybridized carbons (Fsp3) is 0.787. The van der Waals surface area contributed by atoms with Crippen molar-refractivity contribution in [3.63, 3.8) is 0 Å². The van der Waals surface area contributed by atoms with E-state index in [1.54, 1.807) is 21.0 Å². The summed E-state index contributed by atoms with van der Waals surface area (Å²) in [6, 6.07) is -1.17. The van der Waals surface area contributed by atoms with Gasteiger partial charge in [0.05, 0.1) is 31.0 Å². The summed E-state index contributed by atoms with van der Waals surface area (Å²) in [6.45, 7) is 12.5. The van der Waals surface area contributed by atoms with Crippen LogP contribution in [-0.2, 0) is 52.5 Å². The third kappa shape index (κ3) is 13.5. The average molecular weight is 907 g/mol. The van der Waals surface area contributed by atoms with Crippen molar-refractivity contribution in [2.24, 2.45) is 29.6 Å². The maximum atomic E-state index is 14.4. The summed E-state index contributed by atoms with van der Waals surface area (Å²) >= 11 is 1.16. The number of fused-ring (bicyclic) bond motifs is 3. The van der Waals surface area contributed by atoms with Crippen LogP contribution in [0.1, 0.15) is 119 Å². The highest BCUT2D eigenvalue weighted by Gasteiger charge is 2.56. The smallest absolute Gasteiger partial charge is 0.329 e. The molecule has 15 nitrogen and oxygen atoms in total. The molecule has 14 atom stereocenters. The number of rotatable bonds is 9. The van der Waals surface area contributed by atoms with Crippen LogP contribution >= 0.6 is 11.8 Å². The van der Waals surface area contributed by atoms with Crippen molar-refractivity contribution in [2.45, 2.75) is 173 Å². The Morgan fingerprint density at radius 2 is 1.62 bits per heavy atom. The first-order chi connectivity index (χ1) is 29.8. The van der Waals surface area contributed by atoms with Crippen molar-refractivity contribution >= 4 is 46.2 Å². The number of cyclic esters (lactones) is 1. The predicted octanol–water partition coefficient (Wildman–Crippen LogP) is 4.88. The Balaban J connectivity index is 1.71. The molecule has 3 aliphatic heterocycles. The average Bonchev–Trinajstić information content (AvgIpc) is 3.25. The first kappa shape index (κ1) is 52.6. The van der Waals surface area contributed by atoms with Gasteiger partial charge in [0.2, 0.25) is 16.8 Å². The highest BCUT2D eigenvalue weighted by Crippen LogP contribution is 2.40. The number of carbonyl (C=O) groups is 6. The van der Waals surface area contributed by atoms with Gasteiger partial charge in [-0.1, -0.05) is 57.2 Å². The minimum absolute atomic E-state index is 0.0164. The number of ether oxygens (including phenoxy) is 5. The number of thioether (sulfide) groups is 1. The van der Waals surface area contributed by atoms with Crippen molar-refractivity contribution in [3.05, 3.63) is 23.3 Å². The summed E-state index contributed by atoms with van der Waals surface area (Å²) in [5.41, 5.74) is 1.62. The molecule has 2 saturated heterocycles. The molecule has 3 N–H and O–H groups in total. The fourth-order valence-electron chi connectivity index (χ4n) is 9.92. The molecule has 2 bridgehead atoms. The van der Waals surface area contributed by atoms with Gasteiger partial charge < -0.3 is 44.1 Å². The molecule has 2 amide bonds. The number of aliphatic hydroxyl groups excluding tert-OH is 1. The lowest BCUT2D eigenvalue weighted by molar-refractivity contribution is -0.302. The Morgan fingerprint density at radius 3 is 2.25 bits per heavy atom. The lowest BCUT2D eigenvalue weighted by atomic mass is 9.82. The summed E-state index contributed by atoms with van der Waals surface area (Å²) < 4.78 is 30.2. The molecule has 14 unspecified atom stereocenters. The van der Waals surface area contributed by atoms with Gasteiger partial charge in [0.15, 0.2) is 0 Å². The van der Waals surface area contributed by atoms with Gasteiger partial charge in [-0.05, 0) is 95.5 Å². The fourth-order valence-corrected chi connectivity index (χ4v) is 11.0. The van der Waals surface area contributed by atoms with Gasteiger partial charge in [-0.2, -0.15) is 0 Å². The Morgan fingerprint density at radius 1 is 0.952 bits per heavy atom. The summed E-state index contributed by atoms with van der Waals surface area (Å²) in [5.74, 6) is -8.05. The van der Waals surface area contributed by atoms with Gasteiger partial charge >= 0.3 is 5.97 Å². The predicted molar refractivity (Wildman–Crippen MR) is 237 cm³/mol. The standard InChI is InChI=1S/C47H74N2O13S/c1-11-33-19-26(2)18-27(3)20-38(59-9)43-39(60-10)22-29(5)47(57,62-43)44(54)45(55)49-17-13-12-14-34(49)46(56)61-42(30(6)35(51)24-36(33)52)28(4)21-32-15-16-40(37(23-32)58-8)63-41(53)25-48-31(7)50/h19,21,27,29-30,32-35,37-40,42-43,51,57H,11-18,20,22-25H2,1-10H3,(H,48,50)/b26-19+,28-21+. The van der Waals surface area contributed by atoms with E-state index in [1.807, 2.05) is 39.8 Å². The zero-order chi connectivity index (χ0) is 46.8. The van der Waals surface area contributed by atoms with Crippen LogP contribution in [0.25, 0.3) is 0 Å². The highest BCUT2D eigenvalue weighted by molar-refractivity contribution is 8.14. The van der Waals surface area contributed by atoms with Crippen LogP contribution in [0, 0.1) is 29.6 Å². The molecule has 4 rings (SSSR count). The quantitative estimate of drug-likeness (QED) is 0.161. The van der Waals surface area contributed by atoms with E-state index in [9.17, 15) is 39.0 Å². The van der Waals surface area contributed by atoms with Crippen LogP contribution in [0.3, 0.4) is 0 Å². The van der Waals surface area contributed by atoms with E-state index in [2.05, 4.69) is 5.32 Å². The number of amides is 2. The first-order valence-electron chi connectivity index (χ1n) is 22.8. The molecule has 356 valence electrons. The van der Waals surface area contributed by atoms with Crippen LogP contribution in [0.5, 0.6) is 0 Å². The first-order valence-corrected chi connectivity index (χ1v) is 23.7. The number of carbonyl (C=O) groups excluding carboxylic acids is 6. The van der Waals surface area contributed by atoms with Crippen molar-refractivity contribution in [1.82, 2.24) is 10.2 Å². The molecule has 63 heavy (non-hydrogen) atoms. The number of hydrogen-bond donors (Lipinski definition) is 3. The molecule has 4 aliphatic rings. The number of hydrogen-bond acceptors (Lipinski definition) is 14. The number of methoxy groups -OCH3 is 3. The molecule has 0 radical (unpaired) electrons. The topological polar surface area (TPSA) is 204 Å². The van der Waals surface area contributed by atoms with E-state index in [4.69, 9.17) is 23.7 Å². The molecule has 16 heteroatoms. The van der Waals surface area contributed by atoms with Crippen LogP contribution in [0.2, 0.25) is 0 Å². The van der Waals surface area contributed by atoms with Crippen LogP contribution in [0.15, 0.2) is 23.3 Å². The van der Waals surface area contributed by atoms with E-state index in [0.717, 1.165) is 17.3 Å². The number of nitrogens with zero attached hydrogens (tertiary/aromatic N) is 1. The Hall–Kier alpha value is -2.99. The van der Waals surface area contributed by atoms with Crippen molar-refractivity contribution < 1.29 is 62.7 Å². The number of esters is 1. The van der Waals surface area contributed by atoms with E-state index < -0.39 is 77.8 Å². The number of aliphatic hydroxyl groups is 2. The molecule has 3 fully saturated rings. The minimum Gasteiger partial charge on any atom is -0.456 e. The molecule has 0 aromatic rings. The van der Waals surface area contributed by atoms with E-state index in [-0.39, 0.29) is 72.3 Å². The van der Waals surface area contributed by atoms with Crippen molar-refractivity contribution in [1.29, 1.82) is 0 Å². The largest absolute Gasteiger partial charge is 0.456 e. The summed E-state index contributed by atoms with van der Waals surface area (Å²) in [7, 11) is 4.64. The second kappa shape index (κ2) is 24.0. The lowest BCUT2D eigenvalue weighted by Gasteiger charge is -2.47. The molecule has 0 aromatic heterocycles. The van der Waals surface area contributed by atoms with Crippen LogP contribution in [-0.4, -0.2) is 138 Å². The number of nitrogens with one attached hydrogen (secondary N) is 1. The van der Waals surface area contributed by atoms with E-state index in [0.29, 0.717) is 56.9 Å². The Kier molecular flexibility index (Phi) is 20.0. The zero-order valence-corrected chi connectivity index (χ0v) is 39.9. The molecule has 0 spiro atoms. The third-order valence-corrected chi connectivity index (χ3v) is 14.9. The molecule has 3 heterocycles.